The van der Waals surface area contributed by atoms with Crippen LogP contribution in [0.25, 0.3) is 0 Å². The average Bonchev–Trinajstić information content (AvgIpc) is 2.45. The second-order valence-electron chi connectivity index (χ2n) is 4.64. The lowest BCUT2D eigenvalue weighted by atomic mass is 10.1. The lowest BCUT2D eigenvalue weighted by Gasteiger charge is -2.24. The Morgan fingerprint density at radius 3 is 2.62 bits per heavy atom. The molecule has 5 heteroatoms. The molecule has 1 amide bonds. The second-order valence-corrected chi connectivity index (χ2v) is 5.93. The van der Waals surface area contributed by atoms with Crippen molar-refractivity contribution >= 4 is 44.8 Å². The molecule has 3 nitrogen and oxygen atoms in total. The summed E-state index contributed by atoms with van der Waals surface area (Å²) >= 11 is 9.32. The molecule has 0 unspecified atom stereocenters. The van der Waals surface area contributed by atoms with Crippen LogP contribution in [0.2, 0.25) is 5.02 Å². The molecule has 2 N–H and O–H groups in total. The van der Waals surface area contributed by atoms with Crippen LogP contribution >= 0.6 is 27.5 Å². The number of nitrogen functional groups attached to an aromatic ring is 1. The van der Waals surface area contributed by atoms with Gasteiger partial charge in [0, 0.05) is 16.0 Å². The van der Waals surface area contributed by atoms with Crippen molar-refractivity contribution < 1.29 is 4.79 Å². The van der Waals surface area contributed by atoms with Gasteiger partial charge in [-0.2, -0.15) is 0 Å². The van der Waals surface area contributed by atoms with Crippen LogP contribution in [0.1, 0.15) is 23.7 Å². The fourth-order valence-electron chi connectivity index (χ4n) is 2.10. The number of nitrogens with two attached hydrogens (primary N) is 1. The summed E-state index contributed by atoms with van der Waals surface area (Å²) in [5.74, 6) is -0.0988. The fraction of sp³-hybridized carbons (Fsp3) is 0.188. The molecule has 0 aliphatic carbocycles. The van der Waals surface area contributed by atoms with Gasteiger partial charge in [0.05, 0.1) is 16.9 Å². The van der Waals surface area contributed by atoms with Gasteiger partial charge in [-0.1, -0.05) is 30.7 Å². The van der Waals surface area contributed by atoms with Crippen molar-refractivity contribution in [3.05, 3.63) is 57.5 Å². The lowest BCUT2D eigenvalue weighted by molar-refractivity contribution is 0.0986. The Bertz CT molecular complexity index is 660. The Morgan fingerprint density at radius 1 is 1.29 bits per heavy atom. The van der Waals surface area contributed by atoms with Crippen LogP contribution in [0.15, 0.2) is 46.9 Å². The van der Waals surface area contributed by atoms with Gasteiger partial charge >= 0.3 is 0 Å². The van der Waals surface area contributed by atoms with Crippen molar-refractivity contribution in [1.29, 1.82) is 0 Å². The van der Waals surface area contributed by atoms with E-state index in [9.17, 15) is 4.79 Å². The third-order valence-corrected chi connectivity index (χ3v) is 3.97. The SMILES string of the molecule is CCCN(C(=O)c1ccc(Cl)cc1Br)c1ccccc1N. The zero-order chi connectivity index (χ0) is 15.4. The zero-order valence-corrected chi connectivity index (χ0v) is 14.0. The van der Waals surface area contributed by atoms with E-state index in [4.69, 9.17) is 17.3 Å². The Kier molecular flexibility index (Phi) is 5.26. The molecule has 2 rings (SSSR count). The van der Waals surface area contributed by atoms with Crippen LogP contribution in [0.5, 0.6) is 0 Å². The molecule has 2 aromatic rings. The van der Waals surface area contributed by atoms with Gasteiger partial charge in [-0.05, 0) is 52.7 Å². The Morgan fingerprint density at radius 2 is 2.00 bits per heavy atom. The predicted octanol–water partition coefficient (Wildman–Crippen LogP) is 4.74. The summed E-state index contributed by atoms with van der Waals surface area (Å²) in [7, 11) is 0. The molecule has 0 saturated carbocycles. The van der Waals surface area contributed by atoms with Gasteiger partial charge < -0.3 is 10.6 Å². The summed E-state index contributed by atoms with van der Waals surface area (Å²) in [4.78, 5) is 14.5. The van der Waals surface area contributed by atoms with Gasteiger partial charge in [-0.25, -0.2) is 0 Å². The van der Waals surface area contributed by atoms with Crippen LogP contribution in [0.4, 0.5) is 11.4 Å². The van der Waals surface area contributed by atoms with Crippen LogP contribution in [0.3, 0.4) is 0 Å². The maximum Gasteiger partial charge on any atom is 0.259 e. The molecule has 0 aliphatic rings. The van der Waals surface area contributed by atoms with Crippen LogP contribution in [-0.2, 0) is 0 Å². The fourth-order valence-corrected chi connectivity index (χ4v) is 2.95. The Hall–Kier alpha value is -1.52. The predicted molar refractivity (Wildman–Crippen MR) is 92.0 cm³/mol. The highest BCUT2D eigenvalue weighted by Crippen LogP contribution is 2.28. The molecule has 0 radical (unpaired) electrons. The topological polar surface area (TPSA) is 46.3 Å². The summed E-state index contributed by atoms with van der Waals surface area (Å²) in [5.41, 5.74) is 7.88. The molecule has 0 heterocycles. The van der Waals surface area contributed by atoms with E-state index >= 15 is 0 Å². The van der Waals surface area contributed by atoms with E-state index in [-0.39, 0.29) is 5.91 Å². The zero-order valence-electron chi connectivity index (χ0n) is 11.6. The van der Waals surface area contributed by atoms with Crippen molar-refractivity contribution in [1.82, 2.24) is 0 Å². The van der Waals surface area contributed by atoms with Gasteiger partial charge in [-0.3, -0.25) is 4.79 Å². The molecule has 0 saturated heterocycles. The normalized spacial score (nSPS) is 10.4. The number of anilines is 2. The van der Waals surface area contributed by atoms with Crippen LogP contribution in [0, 0.1) is 0 Å². The van der Waals surface area contributed by atoms with E-state index in [2.05, 4.69) is 15.9 Å². The summed E-state index contributed by atoms with van der Waals surface area (Å²) < 4.78 is 0.676. The standard InChI is InChI=1S/C16H16BrClN2O/c1-2-9-20(15-6-4-3-5-14(15)19)16(21)12-8-7-11(18)10-13(12)17/h3-8,10H,2,9,19H2,1H3. The van der Waals surface area contributed by atoms with E-state index in [1.54, 1.807) is 29.2 Å². The van der Waals surface area contributed by atoms with Crippen molar-refractivity contribution in [2.45, 2.75) is 13.3 Å². The number of amides is 1. The number of benzene rings is 2. The highest BCUT2D eigenvalue weighted by molar-refractivity contribution is 9.10. The highest BCUT2D eigenvalue weighted by Gasteiger charge is 2.20. The number of rotatable bonds is 4. The minimum Gasteiger partial charge on any atom is -0.397 e. The van der Waals surface area contributed by atoms with Crippen LogP contribution in [-0.4, -0.2) is 12.5 Å². The average molecular weight is 368 g/mol. The van der Waals surface area contributed by atoms with E-state index in [0.717, 1.165) is 12.1 Å². The summed E-state index contributed by atoms with van der Waals surface area (Å²) in [5, 5.41) is 0.583. The van der Waals surface area contributed by atoms with Gasteiger partial charge in [0.2, 0.25) is 0 Å². The monoisotopic (exact) mass is 366 g/mol. The van der Waals surface area contributed by atoms with Crippen LogP contribution < -0.4 is 10.6 Å². The number of para-hydroxylation sites is 2. The first kappa shape index (κ1) is 15.9. The first-order chi connectivity index (χ1) is 10.0. The summed E-state index contributed by atoms with van der Waals surface area (Å²) in [6.07, 6.45) is 0.839. The first-order valence-electron chi connectivity index (χ1n) is 6.66. The number of hydrogen-bond donors (Lipinski definition) is 1. The molecular weight excluding hydrogens is 352 g/mol. The minimum atomic E-state index is -0.0988. The van der Waals surface area contributed by atoms with E-state index in [1.807, 2.05) is 25.1 Å². The van der Waals surface area contributed by atoms with Crippen molar-refractivity contribution in [3.8, 4) is 0 Å². The molecule has 0 aromatic heterocycles. The first-order valence-corrected chi connectivity index (χ1v) is 7.83. The summed E-state index contributed by atoms with van der Waals surface area (Å²) in [6, 6.07) is 12.5. The second kappa shape index (κ2) is 6.96. The number of nitrogens with zero attached hydrogens (tertiary/aromatic N) is 1. The number of halogens is 2. The van der Waals surface area contributed by atoms with Gasteiger partial charge in [0.25, 0.3) is 5.91 Å². The maximum absolute atomic E-state index is 12.8. The largest absolute Gasteiger partial charge is 0.397 e. The summed E-state index contributed by atoms with van der Waals surface area (Å²) in [6.45, 7) is 2.62. The Labute approximate surface area is 137 Å². The van der Waals surface area contributed by atoms with Crippen molar-refractivity contribution in [3.63, 3.8) is 0 Å². The molecule has 2 aromatic carbocycles. The number of carbonyl (C=O) groups excluding carboxylic acids is 1. The number of carbonyl (C=O) groups is 1. The third-order valence-electron chi connectivity index (χ3n) is 3.08. The lowest BCUT2D eigenvalue weighted by Crippen LogP contribution is -2.32. The maximum atomic E-state index is 12.8. The van der Waals surface area contributed by atoms with Gasteiger partial charge in [-0.15, -0.1) is 0 Å². The molecular formula is C16H16BrClN2O. The minimum absolute atomic E-state index is 0.0988. The van der Waals surface area contributed by atoms with E-state index in [1.165, 1.54) is 0 Å². The smallest absolute Gasteiger partial charge is 0.259 e. The molecule has 0 fully saturated rings. The van der Waals surface area contributed by atoms with Crippen molar-refractivity contribution in [2.24, 2.45) is 0 Å². The third kappa shape index (κ3) is 3.57. The molecule has 110 valence electrons. The van der Waals surface area contributed by atoms with Gasteiger partial charge in [0.1, 0.15) is 0 Å². The quantitative estimate of drug-likeness (QED) is 0.793. The number of hydrogen-bond acceptors (Lipinski definition) is 2. The molecule has 0 aliphatic heterocycles. The molecule has 21 heavy (non-hydrogen) atoms. The highest BCUT2D eigenvalue weighted by atomic mass is 79.9. The molecule has 0 bridgehead atoms. The van der Waals surface area contributed by atoms with E-state index < -0.39 is 0 Å². The molecule has 0 spiro atoms. The van der Waals surface area contributed by atoms with Crippen molar-refractivity contribution in [2.75, 3.05) is 17.2 Å². The molecule has 0 atom stereocenters. The van der Waals surface area contributed by atoms with Gasteiger partial charge in [0.15, 0.2) is 0 Å². The van der Waals surface area contributed by atoms with E-state index in [0.29, 0.717) is 27.3 Å². The Balaban J connectivity index is 2.43.